The van der Waals surface area contributed by atoms with Crippen LogP contribution in [0.2, 0.25) is 0 Å². The lowest BCUT2D eigenvalue weighted by Gasteiger charge is -2.19. The van der Waals surface area contributed by atoms with E-state index < -0.39 is 0 Å². The van der Waals surface area contributed by atoms with Gasteiger partial charge in [0.05, 0.1) is 25.2 Å². The first-order valence-corrected chi connectivity index (χ1v) is 6.40. The summed E-state index contributed by atoms with van der Waals surface area (Å²) in [5, 5.41) is 3.49. The fourth-order valence-electron chi connectivity index (χ4n) is 2.52. The predicted molar refractivity (Wildman–Crippen MR) is 69.9 cm³/mol. The Balaban J connectivity index is 2.03. The first kappa shape index (κ1) is 11.4. The van der Waals surface area contributed by atoms with E-state index >= 15 is 0 Å². The van der Waals surface area contributed by atoms with Crippen molar-refractivity contribution in [3.8, 4) is 5.75 Å². The van der Waals surface area contributed by atoms with Crippen molar-refractivity contribution in [2.24, 2.45) is 0 Å². The molecule has 0 fully saturated rings. The Labute approximate surface area is 107 Å². The zero-order valence-electron chi connectivity index (χ0n) is 10.5. The van der Waals surface area contributed by atoms with Crippen molar-refractivity contribution in [1.82, 2.24) is 5.32 Å². The maximum atomic E-state index is 5.78. The van der Waals surface area contributed by atoms with Gasteiger partial charge < -0.3 is 14.5 Å². The molecule has 1 unspecified atom stereocenters. The van der Waals surface area contributed by atoms with Crippen LogP contribution in [0.4, 0.5) is 0 Å². The smallest absolute Gasteiger partial charge is 0.127 e. The van der Waals surface area contributed by atoms with Crippen LogP contribution >= 0.6 is 0 Å². The molecule has 1 atom stereocenters. The highest BCUT2D eigenvalue weighted by molar-refractivity contribution is 5.48. The maximum Gasteiger partial charge on any atom is 0.127 e. The van der Waals surface area contributed by atoms with E-state index in [1.54, 1.807) is 12.5 Å². The summed E-state index contributed by atoms with van der Waals surface area (Å²) in [6.07, 6.45) is 4.51. The van der Waals surface area contributed by atoms with Crippen LogP contribution in [-0.4, -0.2) is 13.2 Å². The third-order valence-corrected chi connectivity index (χ3v) is 3.34. The molecule has 94 valence electrons. The van der Waals surface area contributed by atoms with E-state index in [4.69, 9.17) is 9.15 Å². The lowest BCUT2D eigenvalue weighted by Crippen LogP contribution is -2.22. The van der Waals surface area contributed by atoms with Crippen molar-refractivity contribution in [2.75, 3.05) is 13.2 Å². The molecular formula is C15H17NO2. The van der Waals surface area contributed by atoms with E-state index in [0.717, 1.165) is 30.9 Å². The summed E-state index contributed by atoms with van der Waals surface area (Å²) in [6.45, 7) is 3.80. The predicted octanol–water partition coefficient (Wildman–Crippen LogP) is 2.91. The van der Waals surface area contributed by atoms with E-state index in [0.29, 0.717) is 0 Å². The average Bonchev–Trinajstić information content (AvgIpc) is 3.06. The van der Waals surface area contributed by atoms with Crippen molar-refractivity contribution in [3.63, 3.8) is 0 Å². The number of fused-ring (bicyclic) bond motifs is 1. The molecule has 18 heavy (non-hydrogen) atoms. The van der Waals surface area contributed by atoms with E-state index in [2.05, 4.69) is 30.4 Å². The van der Waals surface area contributed by atoms with E-state index in [9.17, 15) is 0 Å². The molecule has 1 aromatic heterocycles. The second-order valence-electron chi connectivity index (χ2n) is 4.48. The van der Waals surface area contributed by atoms with Crippen LogP contribution in [0.25, 0.3) is 0 Å². The van der Waals surface area contributed by atoms with Gasteiger partial charge in [0.15, 0.2) is 0 Å². The van der Waals surface area contributed by atoms with Crippen molar-refractivity contribution in [3.05, 3.63) is 53.5 Å². The van der Waals surface area contributed by atoms with Gasteiger partial charge >= 0.3 is 0 Å². The largest absolute Gasteiger partial charge is 0.493 e. The molecule has 0 spiro atoms. The highest BCUT2D eigenvalue weighted by atomic mass is 16.5. The van der Waals surface area contributed by atoms with Gasteiger partial charge in [0.25, 0.3) is 0 Å². The van der Waals surface area contributed by atoms with Crippen LogP contribution in [-0.2, 0) is 6.42 Å². The minimum Gasteiger partial charge on any atom is -0.493 e. The Morgan fingerprint density at radius 3 is 3.06 bits per heavy atom. The van der Waals surface area contributed by atoms with E-state index in [1.807, 2.05) is 6.07 Å². The van der Waals surface area contributed by atoms with E-state index in [-0.39, 0.29) is 6.04 Å². The van der Waals surface area contributed by atoms with Crippen LogP contribution in [0.1, 0.15) is 29.7 Å². The average molecular weight is 243 g/mol. The summed E-state index contributed by atoms with van der Waals surface area (Å²) in [4.78, 5) is 0. The summed E-state index contributed by atoms with van der Waals surface area (Å²) >= 11 is 0. The van der Waals surface area contributed by atoms with Crippen molar-refractivity contribution >= 4 is 0 Å². The Morgan fingerprint density at radius 2 is 2.28 bits per heavy atom. The summed E-state index contributed by atoms with van der Waals surface area (Å²) in [5.41, 5.74) is 3.65. The van der Waals surface area contributed by atoms with Gasteiger partial charge in [-0.15, -0.1) is 0 Å². The lowest BCUT2D eigenvalue weighted by molar-refractivity contribution is 0.350. The quantitative estimate of drug-likeness (QED) is 0.896. The number of rotatable bonds is 4. The zero-order chi connectivity index (χ0) is 12.4. The normalized spacial score (nSPS) is 15.2. The number of para-hydroxylation sites is 1. The Morgan fingerprint density at radius 1 is 1.33 bits per heavy atom. The summed E-state index contributed by atoms with van der Waals surface area (Å²) in [6, 6.07) is 8.52. The van der Waals surface area contributed by atoms with Gasteiger partial charge in [-0.25, -0.2) is 0 Å². The van der Waals surface area contributed by atoms with Gasteiger partial charge in [-0.05, 0) is 18.2 Å². The summed E-state index contributed by atoms with van der Waals surface area (Å²) < 4.78 is 11.0. The SMILES string of the molecule is CCNC(c1ccoc1)c1cccc2c1OCC2. The molecule has 1 aromatic carbocycles. The van der Waals surface area contributed by atoms with Crippen molar-refractivity contribution in [2.45, 2.75) is 19.4 Å². The maximum absolute atomic E-state index is 5.78. The highest BCUT2D eigenvalue weighted by Crippen LogP contribution is 2.36. The monoisotopic (exact) mass is 243 g/mol. The second-order valence-corrected chi connectivity index (χ2v) is 4.48. The van der Waals surface area contributed by atoms with Gasteiger partial charge in [0, 0.05) is 17.5 Å². The summed E-state index contributed by atoms with van der Waals surface area (Å²) in [7, 11) is 0. The number of furan rings is 1. The minimum absolute atomic E-state index is 0.141. The molecule has 3 rings (SSSR count). The fraction of sp³-hybridized carbons (Fsp3) is 0.333. The number of hydrogen-bond donors (Lipinski definition) is 1. The van der Waals surface area contributed by atoms with E-state index in [1.165, 1.54) is 11.1 Å². The van der Waals surface area contributed by atoms with Crippen LogP contribution < -0.4 is 10.1 Å². The minimum atomic E-state index is 0.141. The van der Waals surface area contributed by atoms with Crippen LogP contribution in [0.3, 0.4) is 0 Å². The molecule has 0 radical (unpaired) electrons. The molecule has 3 heteroatoms. The van der Waals surface area contributed by atoms with Gasteiger partial charge in [0.2, 0.25) is 0 Å². The fourth-order valence-corrected chi connectivity index (χ4v) is 2.52. The molecule has 0 bridgehead atoms. The zero-order valence-corrected chi connectivity index (χ0v) is 10.5. The van der Waals surface area contributed by atoms with Crippen molar-refractivity contribution in [1.29, 1.82) is 0 Å². The first-order valence-electron chi connectivity index (χ1n) is 6.40. The Bertz CT molecular complexity index is 519. The van der Waals surface area contributed by atoms with Crippen LogP contribution in [0, 0.1) is 0 Å². The molecule has 3 nitrogen and oxygen atoms in total. The number of hydrogen-bond acceptors (Lipinski definition) is 3. The topological polar surface area (TPSA) is 34.4 Å². The molecule has 0 saturated carbocycles. The molecule has 1 N–H and O–H groups in total. The van der Waals surface area contributed by atoms with Crippen LogP contribution in [0.15, 0.2) is 41.2 Å². The van der Waals surface area contributed by atoms with Gasteiger partial charge in [-0.2, -0.15) is 0 Å². The van der Waals surface area contributed by atoms with Gasteiger partial charge in [-0.3, -0.25) is 0 Å². The van der Waals surface area contributed by atoms with Gasteiger partial charge in [-0.1, -0.05) is 25.1 Å². The third kappa shape index (κ3) is 1.91. The van der Waals surface area contributed by atoms with Gasteiger partial charge in [0.1, 0.15) is 5.75 Å². The first-order chi connectivity index (χ1) is 8.90. The Hall–Kier alpha value is -1.74. The number of nitrogens with one attached hydrogen (secondary N) is 1. The van der Waals surface area contributed by atoms with Crippen molar-refractivity contribution < 1.29 is 9.15 Å². The molecule has 0 aliphatic carbocycles. The number of ether oxygens (including phenoxy) is 1. The lowest BCUT2D eigenvalue weighted by atomic mass is 9.97. The second kappa shape index (κ2) is 4.86. The molecular weight excluding hydrogens is 226 g/mol. The standard InChI is InChI=1S/C15H17NO2/c1-2-16-14(12-6-8-17-10-12)13-5-3-4-11-7-9-18-15(11)13/h3-6,8,10,14,16H,2,7,9H2,1H3. The molecule has 2 aromatic rings. The molecule has 1 aliphatic rings. The highest BCUT2D eigenvalue weighted by Gasteiger charge is 2.23. The third-order valence-electron chi connectivity index (χ3n) is 3.34. The molecule has 2 heterocycles. The number of benzene rings is 1. The summed E-state index contributed by atoms with van der Waals surface area (Å²) in [5.74, 6) is 1.05. The molecule has 1 aliphatic heterocycles. The van der Waals surface area contributed by atoms with Crippen LogP contribution in [0.5, 0.6) is 5.75 Å². The Kier molecular flexibility index (Phi) is 3.07. The molecule has 0 amide bonds. The molecule has 0 saturated heterocycles.